The molecular formula is C13H17NO. The maximum atomic E-state index is 5.77. The molecule has 0 saturated heterocycles. The molecule has 0 radical (unpaired) electrons. The number of para-hydroxylation sites is 1. The first-order valence-corrected chi connectivity index (χ1v) is 5.90. The van der Waals surface area contributed by atoms with E-state index < -0.39 is 0 Å². The van der Waals surface area contributed by atoms with Crippen molar-refractivity contribution < 1.29 is 4.74 Å². The second-order valence-electron chi connectivity index (χ2n) is 4.51. The van der Waals surface area contributed by atoms with E-state index in [2.05, 4.69) is 23.5 Å². The standard InChI is InChI=1S/C13H17NO/c1-3-10-5-2-8-15-13(10)11(4-1)9-14-12-6-7-12/h1,3-4,12,14H,2,5-9H2. The van der Waals surface area contributed by atoms with Crippen molar-refractivity contribution in [3.8, 4) is 5.75 Å². The van der Waals surface area contributed by atoms with Gasteiger partial charge in [-0.3, -0.25) is 0 Å². The maximum Gasteiger partial charge on any atom is 0.126 e. The average molecular weight is 203 g/mol. The van der Waals surface area contributed by atoms with Crippen LogP contribution in [0, 0.1) is 0 Å². The van der Waals surface area contributed by atoms with Gasteiger partial charge in [-0.2, -0.15) is 0 Å². The van der Waals surface area contributed by atoms with Crippen molar-refractivity contribution in [1.29, 1.82) is 0 Å². The minimum atomic E-state index is 0.768. The SMILES string of the molecule is c1cc2c(c(CNC3CC3)c1)OCCC2. The lowest BCUT2D eigenvalue weighted by molar-refractivity contribution is 0.284. The largest absolute Gasteiger partial charge is 0.493 e. The van der Waals surface area contributed by atoms with Crippen molar-refractivity contribution >= 4 is 0 Å². The molecule has 0 aromatic heterocycles. The average Bonchev–Trinajstić information content (AvgIpc) is 3.10. The van der Waals surface area contributed by atoms with Crippen LogP contribution in [-0.2, 0) is 13.0 Å². The van der Waals surface area contributed by atoms with Crippen LogP contribution in [0.1, 0.15) is 30.4 Å². The molecule has 0 spiro atoms. The van der Waals surface area contributed by atoms with Crippen molar-refractivity contribution in [2.75, 3.05) is 6.61 Å². The number of aryl methyl sites for hydroxylation is 1. The van der Waals surface area contributed by atoms with Crippen LogP contribution in [-0.4, -0.2) is 12.6 Å². The van der Waals surface area contributed by atoms with E-state index in [9.17, 15) is 0 Å². The summed E-state index contributed by atoms with van der Waals surface area (Å²) in [6.07, 6.45) is 5.02. The molecule has 0 unspecified atom stereocenters. The number of benzene rings is 1. The summed E-state index contributed by atoms with van der Waals surface area (Å²) in [7, 11) is 0. The molecule has 1 heterocycles. The summed E-state index contributed by atoms with van der Waals surface area (Å²) in [5, 5.41) is 3.54. The van der Waals surface area contributed by atoms with Gasteiger partial charge in [0.05, 0.1) is 6.61 Å². The second kappa shape index (κ2) is 3.86. The number of ether oxygens (including phenoxy) is 1. The fraction of sp³-hybridized carbons (Fsp3) is 0.538. The normalized spacial score (nSPS) is 19.5. The highest BCUT2D eigenvalue weighted by Crippen LogP contribution is 2.29. The van der Waals surface area contributed by atoms with Crippen LogP contribution >= 0.6 is 0 Å². The number of hydrogen-bond acceptors (Lipinski definition) is 2. The van der Waals surface area contributed by atoms with Crippen LogP contribution in [0.25, 0.3) is 0 Å². The smallest absolute Gasteiger partial charge is 0.126 e. The summed E-state index contributed by atoms with van der Waals surface area (Å²) >= 11 is 0. The Balaban J connectivity index is 1.79. The van der Waals surface area contributed by atoms with Crippen LogP contribution in [0.5, 0.6) is 5.75 Å². The fourth-order valence-electron chi connectivity index (χ4n) is 2.14. The molecule has 3 rings (SSSR count). The number of hydrogen-bond donors (Lipinski definition) is 1. The monoisotopic (exact) mass is 203 g/mol. The Morgan fingerprint density at radius 2 is 2.27 bits per heavy atom. The third-order valence-corrected chi connectivity index (χ3v) is 3.17. The molecule has 1 aromatic carbocycles. The summed E-state index contributed by atoms with van der Waals surface area (Å²) in [5.74, 6) is 1.15. The Hall–Kier alpha value is -1.02. The first-order valence-electron chi connectivity index (χ1n) is 5.90. The van der Waals surface area contributed by atoms with Gasteiger partial charge in [-0.25, -0.2) is 0 Å². The fourth-order valence-corrected chi connectivity index (χ4v) is 2.14. The molecule has 1 aromatic rings. The molecular weight excluding hydrogens is 186 g/mol. The highest BCUT2D eigenvalue weighted by Gasteiger charge is 2.21. The predicted octanol–water partition coefficient (Wildman–Crippen LogP) is 2.26. The third kappa shape index (κ3) is 2.00. The zero-order valence-corrected chi connectivity index (χ0v) is 8.96. The Kier molecular flexibility index (Phi) is 2.37. The Morgan fingerprint density at radius 3 is 3.13 bits per heavy atom. The topological polar surface area (TPSA) is 21.3 Å². The maximum absolute atomic E-state index is 5.77. The first-order chi connectivity index (χ1) is 7.43. The van der Waals surface area contributed by atoms with Crippen LogP contribution < -0.4 is 10.1 Å². The van der Waals surface area contributed by atoms with Gasteiger partial charge < -0.3 is 10.1 Å². The van der Waals surface area contributed by atoms with Gasteiger partial charge in [0, 0.05) is 18.2 Å². The van der Waals surface area contributed by atoms with E-state index in [1.54, 1.807) is 0 Å². The number of nitrogens with one attached hydrogen (secondary N) is 1. The van der Waals surface area contributed by atoms with Crippen LogP contribution in [0.2, 0.25) is 0 Å². The highest BCUT2D eigenvalue weighted by molar-refractivity contribution is 5.42. The summed E-state index contributed by atoms with van der Waals surface area (Å²) in [6.45, 7) is 1.85. The predicted molar refractivity (Wildman–Crippen MR) is 60.1 cm³/mol. The molecule has 80 valence electrons. The van der Waals surface area contributed by atoms with Gasteiger partial charge in [0.2, 0.25) is 0 Å². The Morgan fingerprint density at radius 1 is 1.33 bits per heavy atom. The van der Waals surface area contributed by atoms with Crippen molar-refractivity contribution in [3.05, 3.63) is 29.3 Å². The molecule has 0 bridgehead atoms. The molecule has 2 heteroatoms. The molecule has 1 saturated carbocycles. The quantitative estimate of drug-likeness (QED) is 0.813. The molecule has 2 nitrogen and oxygen atoms in total. The van der Waals surface area contributed by atoms with Gasteiger partial charge in [0.15, 0.2) is 0 Å². The van der Waals surface area contributed by atoms with Gasteiger partial charge >= 0.3 is 0 Å². The molecule has 1 aliphatic carbocycles. The third-order valence-electron chi connectivity index (χ3n) is 3.17. The van der Waals surface area contributed by atoms with E-state index in [0.717, 1.165) is 31.4 Å². The van der Waals surface area contributed by atoms with Crippen LogP contribution in [0.4, 0.5) is 0 Å². The van der Waals surface area contributed by atoms with Crippen molar-refractivity contribution in [1.82, 2.24) is 5.32 Å². The summed E-state index contributed by atoms with van der Waals surface area (Å²) < 4.78 is 5.77. The van der Waals surface area contributed by atoms with E-state index >= 15 is 0 Å². The van der Waals surface area contributed by atoms with Crippen LogP contribution in [0.15, 0.2) is 18.2 Å². The van der Waals surface area contributed by atoms with Crippen molar-refractivity contribution in [3.63, 3.8) is 0 Å². The van der Waals surface area contributed by atoms with E-state index in [0.29, 0.717) is 0 Å². The summed E-state index contributed by atoms with van der Waals surface area (Å²) in [6, 6.07) is 7.29. The van der Waals surface area contributed by atoms with Gasteiger partial charge in [0.25, 0.3) is 0 Å². The van der Waals surface area contributed by atoms with E-state index in [1.807, 2.05) is 0 Å². The van der Waals surface area contributed by atoms with Gasteiger partial charge in [-0.1, -0.05) is 18.2 Å². The minimum absolute atomic E-state index is 0.768. The lowest BCUT2D eigenvalue weighted by Crippen LogP contribution is -2.18. The van der Waals surface area contributed by atoms with Gasteiger partial charge in [-0.15, -0.1) is 0 Å². The number of fused-ring (bicyclic) bond motifs is 1. The highest BCUT2D eigenvalue weighted by atomic mass is 16.5. The molecule has 15 heavy (non-hydrogen) atoms. The van der Waals surface area contributed by atoms with Crippen molar-refractivity contribution in [2.24, 2.45) is 0 Å². The second-order valence-corrected chi connectivity index (χ2v) is 4.51. The summed E-state index contributed by atoms with van der Waals surface area (Å²) in [4.78, 5) is 0. The van der Waals surface area contributed by atoms with E-state index in [1.165, 1.54) is 30.4 Å². The minimum Gasteiger partial charge on any atom is -0.493 e. The molecule has 2 aliphatic rings. The van der Waals surface area contributed by atoms with E-state index in [4.69, 9.17) is 4.74 Å². The Labute approximate surface area is 90.6 Å². The first kappa shape index (κ1) is 9.22. The zero-order valence-electron chi connectivity index (χ0n) is 8.96. The van der Waals surface area contributed by atoms with Gasteiger partial charge in [-0.05, 0) is 31.2 Å². The summed E-state index contributed by atoms with van der Waals surface area (Å²) in [5.41, 5.74) is 2.72. The molecule has 1 N–H and O–H groups in total. The van der Waals surface area contributed by atoms with Crippen molar-refractivity contribution in [2.45, 2.75) is 38.3 Å². The number of rotatable bonds is 3. The molecule has 0 amide bonds. The lowest BCUT2D eigenvalue weighted by Gasteiger charge is -2.20. The molecule has 1 aliphatic heterocycles. The lowest BCUT2D eigenvalue weighted by atomic mass is 10.0. The molecule has 0 atom stereocenters. The van der Waals surface area contributed by atoms with Gasteiger partial charge in [0.1, 0.15) is 5.75 Å². The van der Waals surface area contributed by atoms with E-state index in [-0.39, 0.29) is 0 Å². The van der Waals surface area contributed by atoms with Crippen LogP contribution in [0.3, 0.4) is 0 Å². The zero-order chi connectivity index (χ0) is 10.1. The molecule has 1 fully saturated rings. The Bertz CT molecular complexity index is 358.